The van der Waals surface area contributed by atoms with E-state index in [1.165, 1.54) is 7.11 Å². The number of nitrogens with zero attached hydrogens (tertiary/aromatic N) is 1. The SMILES string of the molecule is COC(=O)c1sc(N2CCNCC2)c(C(N)=O)c1N. The van der Waals surface area contributed by atoms with E-state index >= 15 is 0 Å². The molecule has 0 unspecified atom stereocenters. The third kappa shape index (κ3) is 2.49. The Morgan fingerprint density at radius 1 is 1.37 bits per heavy atom. The summed E-state index contributed by atoms with van der Waals surface area (Å²) in [6, 6.07) is 0. The van der Waals surface area contributed by atoms with Crippen molar-refractivity contribution in [2.45, 2.75) is 0 Å². The Labute approximate surface area is 114 Å². The van der Waals surface area contributed by atoms with Gasteiger partial charge in [0.2, 0.25) is 0 Å². The number of rotatable bonds is 3. The second kappa shape index (κ2) is 5.45. The number of primary amides is 1. The van der Waals surface area contributed by atoms with Crippen molar-refractivity contribution in [3.8, 4) is 0 Å². The number of ether oxygens (including phenoxy) is 1. The van der Waals surface area contributed by atoms with E-state index < -0.39 is 11.9 Å². The summed E-state index contributed by atoms with van der Waals surface area (Å²) in [7, 11) is 1.27. The third-order valence-corrected chi connectivity index (χ3v) is 4.19. The second-order valence-corrected chi connectivity index (χ2v) is 5.12. The number of hydrogen-bond acceptors (Lipinski definition) is 7. The molecule has 2 rings (SSSR count). The highest BCUT2D eigenvalue weighted by molar-refractivity contribution is 7.19. The monoisotopic (exact) mass is 284 g/mol. The molecule has 7 nitrogen and oxygen atoms in total. The molecule has 1 aromatic rings. The summed E-state index contributed by atoms with van der Waals surface area (Å²) < 4.78 is 4.66. The number of piperazine rings is 1. The van der Waals surface area contributed by atoms with Crippen molar-refractivity contribution in [1.82, 2.24) is 5.32 Å². The molecule has 1 aromatic heterocycles. The van der Waals surface area contributed by atoms with E-state index in [4.69, 9.17) is 11.5 Å². The van der Waals surface area contributed by atoms with Crippen LogP contribution in [0.25, 0.3) is 0 Å². The van der Waals surface area contributed by atoms with Crippen LogP contribution in [-0.2, 0) is 4.74 Å². The summed E-state index contributed by atoms with van der Waals surface area (Å²) in [6.07, 6.45) is 0. The van der Waals surface area contributed by atoms with E-state index in [1.54, 1.807) is 0 Å². The fourth-order valence-corrected chi connectivity index (χ4v) is 3.20. The van der Waals surface area contributed by atoms with Crippen LogP contribution < -0.4 is 21.7 Å². The molecule has 0 spiro atoms. The van der Waals surface area contributed by atoms with Crippen LogP contribution in [0.5, 0.6) is 0 Å². The van der Waals surface area contributed by atoms with Crippen molar-refractivity contribution in [3.63, 3.8) is 0 Å². The number of anilines is 2. The maximum Gasteiger partial charge on any atom is 0.350 e. The van der Waals surface area contributed by atoms with Gasteiger partial charge in [0.25, 0.3) is 5.91 Å². The summed E-state index contributed by atoms with van der Waals surface area (Å²) in [5, 5.41) is 3.86. The Kier molecular flexibility index (Phi) is 3.91. The number of esters is 1. The fourth-order valence-electron chi connectivity index (χ4n) is 2.00. The van der Waals surface area contributed by atoms with Crippen LogP contribution in [0.2, 0.25) is 0 Å². The molecule has 104 valence electrons. The lowest BCUT2D eigenvalue weighted by molar-refractivity contribution is 0.0607. The Hall–Kier alpha value is -1.80. The average Bonchev–Trinajstić information content (AvgIpc) is 2.76. The lowest BCUT2D eigenvalue weighted by Gasteiger charge is -2.28. The molecule has 1 fully saturated rings. The van der Waals surface area contributed by atoms with Crippen molar-refractivity contribution in [1.29, 1.82) is 0 Å². The van der Waals surface area contributed by atoms with Crippen LogP contribution in [0.1, 0.15) is 20.0 Å². The predicted octanol–water partition coefficient (Wildman–Crippen LogP) is -0.375. The van der Waals surface area contributed by atoms with Crippen molar-refractivity contribution < 1.29 is 14.3 Å². The third-order valence-electron chi connectivity index (χ3n) is 2.95. The number of nitrogen functional groups attached to an aromatic ring is 1. The smallest absolute Gasteiger partial charge is 0.350 e. The number of nitrogens with two attached hydrogens (primary N) is 2. The van der Waals surface area contributed by atoms with E-state index in [0.29, 0.717) is 5.00 Å². The molecule has 0 atom stereocenters. The van der Waals surface area contributed by atoms with Crippen LogP contribution in [0, 0.1) is 0 Å². The highest BCUT2D eigenvalue weighted by Crippen LogP contribution is 2.38. The molecule has 2 heterocycles. The van der Waals surface area contributed by atoms with Gasteiger partial charge in [0.1, 0.15) is 9.88 Å². The van der Waals surface area contributed by atoms with Crippen LogP contribution >= 0.6 is 11.3 Å². The normalized spacial score (nSPS) is 15.3. The first-order chi connectivity index (χ1) is 9.06. The molecule has 0 bridgehead atoms. The minimum absolute atomic E-state index is 0.109. The van der Waals surface area contributed by atoms with E-state index in [-0.39, 0.29) is 16.1 Å². The zero-order valence-corrected chi connectivity index (χ0v) is 11.4. The Morgan fingerprint density at radius 3 is 2.53 bits per heavy atom. The van der Waals surface area contributed by atoms with Gasteiger partial charge in [-0.3, -0.25) is 4.79 Å². The van der Waals surface area contributed by atoms with Gasteiger partial charge < -0.3 is 26.4 Å². The molecular weight excluding hydrogens is 268 g/mol. The van der Waals surface area contributed by atoms with E-state index in [2.05, 4.69) is 10.1 Å². The summed E-state index contributed by atoms with van der Waals surface area (Å²) in [5.41, 5.74) is 11.5. The molecule has 19 heavy (non-hydrogen) atoms. The number of methoxy groups -OCH3 is 1. The number of amides is 1. The number of hydrogen-bond donors (Lipinski definition) is 3. The first-order valence-corrected chi connectivity index (χ1v) is 6.64. The van der Waals surface area contributed by atoms with Crippen LogP contribution in [-0.4, -0.2) is 45.2 Å². The Bertz CT molecular complexity index is 508. The largest absolute Gasteiger partial charge is 0.465 e. The van der Waals surface area contributed by atoms with Gasteiger partial charge in [0.05, 0.1) is 18.4 Å². The predicted molar refractivity (Wildman–Crippen MR) is 73.7 cm³/mol. The highest BCUT2D eigenvalue weighted by Gasteiger charge is 2.28. The standard InChI is InChI=1S/C11H16N4O3S/c1-18-11(17)8-7(12)6(9(13)16)10(19-8)15-4-2-14-3-5-15/h14H,2-5,12H2,1H3,(H2,13,16). The molecule has 1 saturated heterocycles. The van der Waals surface area contributed by atoms with Gasteiger partial charge >= 0.3 is 5.97 Å². The molecular formula is C11H16N4O3S. The van der Waals surface area contributed by atoms with Crippen LogP contribution in [0.15, 0.2) is 0 Å². The number of thiophene rings is 1. The quantitative estimate of drug-likeness (QED) is 0.653. The van der Waals surface area contributed by atoms with Gasteiger partial charge in [-0.25, -0.2) is 4.79 Å². The first-order valence-electron chi connectivity index (χ1n) is 5.82. The van der Waals surface area contributed by atoms with Gasteiger partial charge in [0.15, 0.2) is 0 Å². The average molecular weight is 284 g/mol. The molecule has 0 aliphatic carbocycles. The van der Waals surface area contributed by atoms with Gasteiger partial charge in [-0.15, -0.1) is 11.3 Å². The minimum Gasteiger partial charge on any atom is -0.465 e. The summed E-state index contributed by atoms with van der Waals surface area (Å²) >= 11 is 1.15. The van der Waals surface area contributed by atoms with Crippen molar-refractivity contribution >= 4 is 33.9 Å². The summed E-state index contributed by atoms with van der Waals surface area (Å²) in [5.74, 6) is -1.18. The molecule has 5 N–H and O–H groups in total. The number of nitrogens with one attached hydrogen (secondary N) is 1. The number of carbonyl (C=O) groups excluding carboxylic acids is 2. The summed E-state index contributed by atoms with van der Waals surface area (Å²) in [6.45, 7) is 3.09. The second-order valence-electron chi connectivity index (χ2n) is 4.12. The molecule has 1 aliphatic rings. The van der Waals surface area contributed by atoms with Crippen molar-refractivity contribution in [2.24, 2.45) is 5.73 Å². The Balaban J connectivity index is 2.46. The summed E-state index contributed by atoms with van der Waals surface area (Å²) in [4.78, 5) is 25.4. The van der Waals surface area contributed by atoms with Crippen molar-refractivity contribution in [3.05, 3.63) is 10.4 Å². The fraction of sp³-hybridized carbons (Fsp3) is 0.455. The lowest BCUT2D eigenvalue weighted by atomic mass is 10.2. The van der Waals surface area contributed by atoms with E-state index in [0.717, 1.165) is 37.5 Å². The molecule has 8 heteroatoms. The molecule has 0 aromatic carbocycles. The highest BCUT2D eigenvalue weighted by atomic mass is 32.1. The molecule has 1 aliphatic heterocycles. The topological polar surface area (TPSA) is 111 Å². The minimum atomic E-state index is -0.627. The van der Waals surface area contributed by atoms with E-state index in [1.807, 2.05) is 4.90 Å². The molecule has 1 amide bonds. The molecule has 0 saturated carbocycles. The Morgan fingerprint density at radius 2 is 2.00 bits per heavy atom. The zero-order chi connectivity index (χ0) is 14.0. The molecule has 0 radical (unpaired) electrons. The van der Waals surface area contributed by atoms with Gasteiger partial charge in [-0.05, 0) is 0 Å². The van der Waals surface area contributed by atoms with Crippen LogP contribution in [0.3, 0.4) is 0 Å². The van der Waals surface area contributed by atoms with Gasteiger partial charge in [-0.2, -0.15) is 0 Å². The van der Waals surface area contributed by atoms with Crippen molar-refractivity contribution in [2.75, 3.05) is 43.9 Å². The zero-order valence-electron chi connectivity index (χ0n) is 10.6. The first kappa shape index (κ1) is 13.6. The van der Waals surface area contributed by atoms with Gasteiger partial charge in [-0.1, -0.05) is 0 Å². The van der Waals surface area contributed by atoms with Crippen LogP contribution in [0.4, 0.5) is 10.7 Å². The maximum atomic E-state index is 11.6. The maximum absolute atomic E-state index is 11.6. The van der Waals surface area contributed by atoms with Gasteiger partial charge in [0, 0.05) is 26.2 Å². The lowest BCUT2D eigenvalue weighted by Crippen LogP contribution is -2.43. The van der Waals surface area contributed by atoms with E-state index in [9.17, 15) is 9.59 Å². The number of carbonyl (C=O) groups is 2.